The number of hydrogen-bond acceptors (Lipinski definition) is 5. The lowest BCUT2D eigenvalue weighted by Gasteiger charge is -2.32. The van der Waals surface area contributed by atoms with Gasteiger partial charge in [-0.2, -0.15) is 0 Å². The first-order valence-corrected chi connectivity index (χ1v) is 10.9. The zero-order chi connectivity index (χ0) is 19.3. The molecule has 2 heterocycles. The lowest BCUT2D eigenvalue weighted by molar-refractivity contribution is 0.438. The number of aryl methyl sites for hydroxylation is 1. The van der Waals surface area contributed by atoms with Crippen molar-refractivity contribution in [1.29, 1.82) is 0 Å². The van der Waals surface area contributed by atoms with Gasteiger partial charge in [0.1, 0.15) is 17.5 Å². The molecule has 1 aromatic carbocycles. The number of anilines is 4. The standard InChI is InChI=1S/C23H33N5/c1-17-12-14-28(15-13-17)21-10-8-20(9-11-21)27-23-16-22(24-18(2)25-23)26-19-6-4-3-5-7-19/h8-11,16-17,19H,3-7,12-15H2,1-2H3,(H2,24,25,26,27). The lowest BCUT2D eigenvalue weighted by atomic mass is 9.95. The Morgan fingerprint density at radius 3 is 2.29 bits per heavy atom. The number of nitrogens with one attached hydrogen (secondary N) is 2. The molecule has 5 nitrogen and oxygen atoms in total. The molecule has 5 heteroatoms. The van der Waals surface area contributed by atoms with Crippen LogP contribution in [0.15, 0.2) is 30.3 Å². The van der Waals surface area contributed by atoms with E-state index in [1.807, 2.05) is 13.0 Å². The van der Waals surface area contributed by atoms with Crippen molar-refractivity contribution in [2.45, 2.75) is 64.8 Å². The zero-order valence-corrected chi connectivity index (χ0v) is 17.2. The van der Waals surface area contributed by atoms with Crippen molar-refractivity contribution < 1.29 is 0 Å². The summed E-state index contributed by atoms with van der Waals surface area (Å²) < 4.78 is 0. The predicted molar refractivity (Wildman–Crippen MR) is 118 cm³/mol. The van der Waals surface area contributed by atoms with E-state index in [1.54, 1.807) is 0 Å². The first kappa shape index (κ1) is 19.0. The molecule has 1 aliphatic carbocycles. The molecule has 2 fully saturated rings. The molecular weight excluding hydrogens is 346 g/mol. The van der Waals surface area contributed by atoms with E-state index in [0.29, 0.717) is 6.04 Å². The summed E-state index contributed by atoms with van der Waals surface area (Å²) >= 11 is 0. The molecule has 150 valence electrons. The van der Waals surface area contributed by atoms with Gasteiger partial charge in [-0.1, -0.05) is 26.2 Å². The summed E-state index contributed by atoms with van der Waals surface area (Å²) in [5.74, 6) is 3.43. The van der Waals surface area contributed by atoms with Gasteiger partial charge in [-0.15, -0.1) is 0 Å². The van der Waals surface area contributed by atoms with Gasteiger partial charge in [0.05, 0.1) is 0 Å². The van der Waals surface area contributed by atoms with Gasteiger partial charge in [0.2, 0.25) is 0 Å². The Morgan fingerprint density at radius 2 is 1.57 bits per heavy atom. The van der Waals surface area contributed by atoms with Crippen LogP contribution in [0.25, 0.3) is 0 Å². The van der Waals surface area contributed by atoms with Gasteiger partial charge in [0.25, 0.3) is 0 Å². The number of piperidine rings is 1. The highest BCUT2D eigenvalue weighted by Gasteiger charge is 2.16. The monoisotopic (exact) mass is 379 g/mol. The van der Waals surface area contributed by atoms with Crippen LogP contribution in [0, 0.1) is 12.8 Å². The number of nitrogens with zero attached hydrogens (tertiary/aromatic N) is 3. The van der Waals surface area contributed by atoms with E-state index in [0.717, 1.165) is 42.2 Å². The number of aromatic nitrogens is 2. The van der Waals surface area contributed by atoms with Crippen LogP contribution in [-0.2, 0) is 0 Å². The van der Waals surface area contributed by atoms with Crippen LogP contribution in [0.2, 0.25) is 0 Å². The van der Waals surface area contributed by atoms with Crippen LogP contribution >= 0.6 is 0 Å². The molecule has 1 aromatic heterocycles. The van der Waals surface area contributed by atoms with E-state index in [2.05, 4.69) is 56.7 Å². The fraction of sp³-hybridized carbons (Fsp3) is 0.565. The average Bonchev–Trinajstić information content (AvgIpc) is 2.70. The Bertz CT molecular complexity index is 759. The molecule has 0 spiro atoms. The Kier molecular flexibility index (Phi) is 5.98. The van der Waals surface area contributed by atoms with Crippen LogP contribution in [0.1, 0.15) is 57.7 Å². The Balaban J connectivity index is 1.40. The third-order valence-electron chi connectivity index (χ3n) is 6.08. The highest BCUT2D eigenvalue weighted by atomic mass is 15.1. The smallest absolute Gasteiger partial charge is 0.136 e. The molecular formula is C23H33N5. The SMILES string of the molecule is Cc1nc(Nc2ccc(N3CCC(C)CC3)cc2)cc(NC2CCCCC2)n1. The van der Waals surface area contributed by atoms with E-state index < -0.39 is 0 Å². The minimum atomic E-state index is 0.544. The van der Waals surface area contributed by atoms with Crippen molar-refractivity contribution >= 4 is 23.0 Å². The van der Waals surface area contributed by atoms with Crippen LogP contribution in [0.5, 0.6) is 0 Å². The van der Waals surface area contributed by atoms with Gasteiger partial charge < -0.3 is 15.5 Å². The minimum absolute atomic E-state index is 0.544. The molecule has 2 N–H and O–H groups in total. The van der Waals surface area contributed by atoms with Crippen LogP contribution in [-0.4, -0.2) is 29.1 Å². The highest BCUT2D eigenvalue weighted by Crippen LogP contribution is 2.26. The topological polar surface area (TPSA) is 53.1 Å². The Hall–Kier alpha value is -2.30. The fourth-order valence-electron chi connectivity index (χ4n) is 4.33. The third-order valence-corrected chi connectivity index (χ3v) is 6.08. The zero-order valence-electron chi connectivity index (χ0n) is 17.2. The third kappa shape index (κ3) is 4.94. The summed E-state index contributed by atoms with van der Waals surface area (Å²) in [4.78, 5) is 11.6. The molecule has 0 radical (unpaired) electrons. The predicted octanol–water partition coefficient (Wildman–Crippen LogP) is 5.51. The molecule has 0 amide bonds. The molecule has 2 aromatic rings. The quantitative estimate of drug-likeness (QED) is 0.717. The second kappa shape index (κ2) is 8.80. The van der Waals surface area contributed by atoms with Crippen molar-refractivity contribution in [2.75, 3.05) is 28.6 Å². The summed E-state index contributed by atoms with van der Waals surface area (Å²) in [7, 11) is 0. The second-order valence-electron chi connectivity index (χ2n) is 8.51. The first-order chi connectivity index (χ1) is 13.7. The lowest BCUT2D eigenvalue weighted by Crippen LogP contribution is -2.32. The summed E-state index contributed by atoms with van der Waals surface area (Å²) in [5.41, 5.74) is 2.38. The largest absolute Gasteiger partial charge is 0.372 e. The maximum absolute atomic E-state index is 4.58. The van der Waals surface area contributed by atoms with Gasteiger partial charge in [0.15, 0.2) is 0 Å². The van der Waals surface area contributed by atoms with Gasteiger partial charge in [-0.05, 0) is 62.8 Å². The molecule has 0 bridgehead atoms. The second-order valence-corrected chi connectivity index (χ2v) is 8.51. The van der Waals surface area contributed by atoms with Crippen molar-refractivity contribution in [3.8, 4) is 0 Å². The van der Waals surface area contributed by atoms with Crippen molar-refractivity contribution in [1.82, 2.24) is 9.97 Å². The van der Waals surface area contributed by atoms with Gasteiger partial charge in [0, 0.05) is 36.6 Å². The fourth-order valence-corrected chi connectivity index (χ4v) is 4.33. The van der Waals surface area contributed by atoms with E-state index in [4.69, 9.17) is 0 Å². The van der Waals surface area contributed by atoms with Crippen molar-refractivity contribution in [3.63, 3.8) is 0 Å². The van der Waals surface area contributed by atoms with Crippen molar-refractivity contribution in [2.24, 2.45) is 5.92 Å². The van der Waals surface area contributed by atoms with E-state index in [9.17, 15) is 0 Å². The number of hydrogen-bond donors (Lipinski definition) is 2. The molecule has 28 heavy (non-hydrogen) atoms. The summed E-state index contributed by atoms with van der Waals surface area (Å²) in [6, 6.07) is 11.3. The van der Waals surface area contributed by atoms with Gasteiger partial charge in [-0.3, -0.25) is 0 Å². The summed E-state index contributed by atoms with van der Waals surface area (Å²) in [6.45, 7) is 6.63. The maximum Gasteiger partial charge on any atom is 0.136 e. The van der Waals surface area contributed by atoms with E-state index in [1.165, 1.54) is 50.6 Å². The molecule has 1 saturated carbocycles. The number of rotatable bonds is 5. The Morgan fingerprint density at radius 1 is 0.893 bits per heavy atom. The summed E-state index contributed by atoms with van der Waals surface area (Å²) in [5, 5.41) is 7.06. The average molecular weight is 380 g/mol. The molecule has 4 rings (SSSR count). The van der Waals surface area contributed by atoms with Crippen molar-refractivity contribution in [3.05, 3.63) is 36.2 Å². The Labute approximate surface area is 169 Å². The van der Waals surface area contributed by atoms with Gasteiger partial charge in [-0.25, -0.2) is 9.97 Å². The number of benzene rings is 1. The first-order valence-electron chi connectivity index (χ1n) is 10.9. The molecule has 2 aliphatic rings. The summed E-state index contributed by atoms with van der Waals surface area (Å²) in [6.07, 6.45) is 9.05. The molecule has 1 saturated heterocycles. The maximum atomic E-state index is 4.58. The van der Waals surface area contributed by atoms with Crippen LogP contribution in [0.3, 0.4) is 0 Å². The highest BCUT2D eigenvalue weighted by molar-refractivity contribution is 5.62. The molecule has 1 aliphatic heterocycles. The molecule has 0 unspecified atom stereocenters. The van der Waals surface area contributed by atoms with Gasteiger partial charge >= 0.3 is 0 Å². The normalized spacial score (nSPS) is 18.9. The van der Waals surface area contributed by atoms with E-state index >= 15 is 0 Å². The molecule has 0 atom stereocenters. The van der Waals surface area contributed by atoms with E-state index in [-0.39, 0.29) is 0 Å². The minimum Gasteiger partial charge on any atom is -0.372 e. The van der Waals surface area contributed by atoms with Crippen LogP contribution in [0.4, 0.5) is 23.0 Å². The van der Waals surface area contributed by atoms with Crippen LogP contribution < -0.4 is 15.5 Å².